The SMILES string of the molecule is O=C(NC1CCCC1)[C@@H](Cc1ccccc1)N(Cc1ccc(Cl)cc1Cl)C(=O)CCCOc1ccccc1. The Morgan fingerprint density at radius 3 is 2.32 bits per heavy atom. The number of carbonyl (C=O) groups is 2. The Hall–Kier alpha value is -3.02. The molecule has 1 atom stereocenters. The second-order valence-corrected chi connectivity index (χ2v) is 10.6. The van der Waals surface area contributed by atoms with Crippen molar-refractivity contribution < 1.29 is 14.3 Å². The molecule has 1 N–H and O–H groups in total. The van der Waals surface area contributed by atoms with Crippen LogP contribution in [0.25, 0.3) is 0 Å². The van der Waals surface area contributed by atoms with Crippen LogP contribution in [0.4, 0.5) is 0 Å². The lowest BCUT2D eigenvalue weighted by Crippen LogP contribution is -2.52. The van der Waals surface area contributed by atoms with E-state index in [9.17, 15) is 9.59 Å². The van der Waals surface area contributed by atoms with Crippen molar-refractivity contribution in [2.24, 2.45) is 0 Å². The van der Waals surface area contributed by atoms with Crippen molar-refractivity contribution in [2.45, 2.75) is 63.6 Å². The van der Waals surface area contributed by atoms with Gasteiger partial charge in [0.25, 0.3) is 0 Å². The molecule has 0 saturated heterocycles. The number of rotatable bonds is 12. The first-order valence-corrected chi connectivity index (χ1v) is 14.0. The molecule has 1 saturated carbocycles. The normalized spacial score (nSPS) is 14.2. The number of hydrogen-bond donors (Lipinski definition) is 1. The zero-order valence-corrected chi connectivity index (χ0v) is 23.0. The van der Waals surface area contributed by atoms with Gasteiger partial charge in [0.2, 0.25) is 11.8 Å². The lowest BCUT2D eigenvalue weighted by atomic mass is 10.0. The van der Waals surface area contributed by atoms with Crippen LogP contribution in [0, 0.1) is 0 Å². The molecule has 0 unspecified atom stereocenters. The van der Waals surface area contributed by atoms with Crippen LogP contribution in [0.15, 0.2) is 78.9 Å². The van der Waals surface area contributed by atoms with E-state index in [4.69, 9.17) is 27.9 Å². The highest BCUT2D eigenvalue weighted by Crippen LogP contribution is 2.25. The third-order valence-electron chi connectivity index (χ3n) is 6.88. The number of carbonyl (C=O) groups excluding carboxylic acids is 2. The standard InChI is InChI=1S/C31H34Cl2N2O3/c32-25-18-17-24(28(33)21-25)22-35(30(36)16-9-19-38-27-14-5-2-6-15-27)29(20-23-10-3-1-4-11-23)31(37)34-26-12-7-8-13-26/h1-6,10-11,14-15,17-18,21,26,29H,7-9,12-13,16,19-20,22H2,(H,34,37)/t29-/m1/s1. The van der Waals surface area contributed by atoms with E-state index in [2.05, 4.69) is 5.32 Å². The maximum absolute atomic E-state index is 13.7. The van der Waals surface area contributed by atoms with Crippen molar-refractivity contribution in [3.05, 3.63) is 100 Å². The Bertz CT molecular complexity index is 1180. The summed E-state index contributed by atoms with van der Waals surface area (Å²) in [4.78, 5) is 29.1. The minimum atomic E-state index is -0.674. The summed E-state index contributed by atoms with van der Waals surface area (Å²) in [6.45, 7) is 0.618. The van der Waals surface area contributed by atoms with Gasteiger partial charge in [-0.15, -0.1) is 0 Å². The van der Waals surface area contributed by atoms with Gasteiger partial charge in [-0.1, -0.05) is 90.6 Å². The summed E-state index contributed by atoms with van der Waals surface area (Å²) in [6.07, 6.45) is 5.35. The van der Waals surface area contributed by atoms with Gasteiger partial charge in [-0.2, -0.15) is 0 Å². The van der Waals surface area contributed by atoms with Gasteiger partial charge in [0.15, 0.2) is 0 Å². The van der Waals surface area contributed by atoms with Crippen molar-refractivity contribution in [1.29, 1.82) is 0 Å². The van der Waals surface area contributed by atoms with E-state index in [0.717, 1.165) is 42.6 Å². The molecule has 0 aromatic heterocycles. The van der Waals surface area contributed by atoms with Crippen LogP contribution in [0.3, 0.4) is 0 Å². The Balaban J connectivity index is 1.55. The van der Waals surface area contributed by atoms with Crippen LogP contribution >= 0.6 is 23.2 Å². The van der Waals surface area contributed by atoms with Crippen LogP contribution in [0.1, 0.15) is 49.7 Å². The monoisotopic (exact) mass is 552 g/mol. The first kappa shape index (κ1) is 28.0. The highest BCUT2D eigenvalue weighted by Gasteiger charge is 2.32. The third-order valence-corrected chi connectivity index (χ3v) is 7.46. The molecule has 3 aromatic rings. The molecule has 38 heavy (non-hydrogen) atoms. The smallest absolute Gasteiger partial charge is 0.243 e. The van der Waals surface area contributed by atoms with Crippen molar-refractivity contribution in [2.75, 3.05) is 6.61 Å². The van der Waals surface area contributed by atoms with Gasteiger partial charge < -0.3 is 15.0 Å². The predicted molar refractivity (Wildman–Crippen MR) is 153 cm³/mol. The Morgan fingerprint density at radius 1 is 0.947 bits per heavy atom. The zero-order chi connectivity index (χ0) is 26.7. The van der Waals surface area contributed by atoms with Crippen LogP contribution in [-0.2, 0) is 22.6 Å². The Morgan fingerprint density at radius 2 is 1.63 bits per heavy atom. The number of halogens is 2. The number of ether oxygens (including phenoxy) is 1. The van der Waals surface area contributed by atoms with Gasteiger partial charge in [-0.3, -0.25) is 9.59 Å². The van der Waals surface area contributed by atoms with Crippen molar-refractivity contribution >= 4 is 35.0 Å². The van der Waals surface area contributed by atoms with Gasteiger partial charge in [0, 0.05) is 35.5 Å². The van der Waals surface area contributed by atoms with E-state index in [-0.39, 0.29) is 30.8 Å². The number of para-hydroxylation sites is 1. The first-order chi connectivity index (χ1) is 18.5. The molecule has 0 aliphatic heterocycles. The van der Waals surface area contributed by atoms with Gasteiger partial charge in [-0.25, -0.2) is 0 Å². The molecule has 0 heterocycles. The quantitative estimate of drug-likeness (QED) is 0.250. The minimum absolute atomic E-state index is 0.116. The van der Waals surface area contributed by atoms with E-state index in [0.29, 0.717) is 29.5 Å². The molecular formula is C31H34Cl2N2O3. The van der Waals surface area contributed by atoms with Crippen molar-refractivity contribution in [1.82, 2.24) is 10.2 Å². The van der Waals surface area contributed by atoms with E-state index in [1.54, 1.807) is 17.0 Å². The van der Waals surface area contributed by atoms with Crippen LogP contribution < -0.4 is 10.1 Å². The third kappa shape index (κ3) is 8.24. The molecule has 4 rings (SSSR count). The molecule has 0 radical (unpaired) electrons. The summed E-state index contributed by atoms with van der Waals surface area (Å²) in [5, 5.41) is 4.21. The topological polar surface area (TPSA) is 58.6 Å². The summed E-state index contributed by atoms with van der Waals surface area (Å²) in [5.41, 5.74) is 1.74. The second-order valence-electron chi connectivity index (χ2n) is 9.72. The number of benzene rings is 3. The van der Waals surface area contributed by atoms with E-state index in [1.807, 2.05) is 66.7 Å². The number of nitrogens with zero attached hydrogens (tertiary/aromatic N) is 1. The fraction of sp³-hybridized carbons (Fsp3) is 0.355. The zero-order valence-electron chi connectivity index (χ0n) is 21.5. The summed E-state index contributed by atoms with van der Waals surface area (Å²) in [5.74, 6) is 0.526. The number of hydrogen-bond acceptors (Lipinski definition) is 3. The van der Waals surface area contributed by atoms with Crippen molar-refractivity contribution in [3.8, 4) is 5.75 Å². The highest BCUT2D eigenvalue weighted by molar-refractivity contribution is 6.35. The molecule has 3 aromatic carbocycles. The molecule has 1 fully saturated rings. The Kier molecular flexibility index (Phi) is 10.5. The second kappa shape index (κ2) is 14.2. The predicted octanol–water partition coefficient (Wildman–Crippen LogP) is 6.85. The lowest BCUT2D eigenvalue weighted by molar-refractivity contribution is -0.141. The summed E-state index contributed by atoms with van der Waals surface area (Å²) >= 11 is 12.6. The molecule has 0 bridgehead atoms. The van der Waals surface area contributed by atoms with Gasteiger partial charge in [0.05, 0.1) is 6.61 Å². The molecule has 7 heteroatoms. The fourth-order valence-corrected chi connectivity index (χ4v) is 5.30. The largest absolute Gasteiger partial charge is 0.494 e. The maximum Gasteiger partial charge on any atom is 0.243 e. The van der Waals surface area contributed by atoms with E-state index in [1.165, 1.54) is 0 Å². The average Bonchev–Trinajstić information content (AvgIpc) is 3.44. The number of nitrogens with one attached hydrogen (secondary N) is 1. The summed E-state index contributed by atoms with van der Waals surface area (Å²) in [6, 6.07) is 24.1. The highest BCUT2D eigenvalue weighted by atomic mass is 35.5. The lowest BCUT2D eigenvalue weighted by Gasteiger charge is -2.32. The molecule has 5 nitrogen and oxygen atoms in total. The molecule has 1 aliphatic carbocycles. The van der Waals surface area contributed by atoms with E-state index < -0.39 is 6.04 Å². The van der Waals surface area contributed by atoms with Gasteiger partial charge in [-0.05, 0) is 54.7 Å². The molecule has 2 amide bonds. The molecule has 1 aliphatic rings. The molecular weight excluding hydrogens is 519 g/mol. The van der Waals surface area contributed by atoms with Gasteiger partial charge >= 0.3 is 0 Å². The molecule has 200 valence electrons. The first-order valence-electron chi connectivity index (χ1n) is 13.2. The van der Waals surface area contributed by atoms with Gasteiger partial charge in [0.1, 0.15) is 11.8 Å². The fourth-order valence-electron chi connectivity index (χ4n) is 4.83. The van der Waals surface area contributed by atoms with Crippen molar-refractivity contribution in [3.63, 3.8) is 0 Å². The van der Waals surface area contributed by atoms with E-state index >= 15 is 0 Å². The van der Waals surface area contributed by atoms with Crippen LogP contribution in [-0.4, -0.2) is 35.4 Å². The maximum atomic E-state index is 13.7. The molecule has 0 spiro atoms. The summed E-state index contributed by atoms with van der Waals surface area (Å²) < 4.78 is 5.79. The number of amides is 2. The minimum Gasteiger partial charge on any atom is -0.494 e. The Labute approximate surface area is 235 Å². The van der Waals surface area contributed by atoms with Crippen LogP contribution in [0.5, 0.6) is 5.75 Å². The van der Waals surface area contributed by atoms with Crippen LogP contribution in [0.2, 0.25) is 10.0 Å². The average molecular weight is 554 g/mol. The summed E-state index contributed by atoms with van der Waals surface area (Å²) in [7, 11) is 0.